The molecule has 5 nitrogen and oxygen atoms in total. The number of piperazine rings is 1. The molecule has 1 N–H and O–H groups in total. The average Bonchev–Trinajstić information content (AvgIpc) is 2.69. The van der Waals surface area contributed by atoms with Gasteiger partial charge in [0.15, 0.2) is 0 Å². The van der Waals surface area contributed by atoms with Crippen LogP contribution in [-0.2, 0) is 6.54 Å². The van der Waals surface area contributed by atoms with Gasteiger partial charge < -0.3 is 20.0 Å². The topological polar surface area (TPSA) is 38.8 Å². The molecule has 1 unspecified atom stereocenters. The summed E-state index contributed by atoms with van der Waals surface area (Å²) in [4.78, 5) is 19.0. The van der Waals surface area contributed by atoms with E-state index in [1.807, 2.05) is 29.2 Å². The third kappa shape index (κ3) is 4.53. The van der Waals surface area contributed by atoms with Crippen molar-refractivity contribution in [2.75, 3.05) is 52.1 Å². The zero-order chi connectivity index (χ0) is 20.5. The Morgan fingerprint density at radius 1 is 1.03 bits per heavy atom. The molecule has 0 saturated carbocycles. The molecule has 2 aliphatic rings. The summed E-state index contributed by atoms with van der Waals surface area (Å²) < 4.78 is 0. The zero-order valence-corrected chi connectivity index (χ0v) is 18.3. The van der Waals surface area contributed by atoms with E-state index in [0.717, 1.165) is 56.1 Å². The smallest absolute Gasteiger partial charge is 0.321 e. The first kappa shape index (κ1) is 20.5. The molecule has 2 aromatic rings. The maximum atomic E-state index is 12.7. The highest BCUT2D eigenvalue weighted by Crippen LogP contribution is 2.38. The number of amides is 2. The number of nitrogens with zero attached hydrogens (tertiary/aromatic N) is 3. The standard InChI is InChI=1S/C22H26Cl2N4O/c1-26-6-8-28(9-7-26)22(29)25-17-5-3-4-15(10-17)19-13-27(2)14-20-18(19)11-16(23)12-21(20)24/h3-5,10-12,19H,6-9,13-14H2,1-2H3,(H,25,29). The number of carbonyl (C=O) groups excluding carboxylic acids is 1. The second-order valence-corrected chi connectivity index (χ2v) is 8.89. The SMILES string of the molecule is CN1CCN(C(=O)Nc2cccc(C3CN(C)Cc4c(Cl)cc(Cl)cc43)c2)CC1. The minimum absolute atomic E-state index is 0.0394. The molecule has 2 aromatic carbocycles. The molecule has 0 radical (unpaired) electrons. The summed E-state index contributed by atoms with van der Waals surface area (Å²) in [5.74, 6) is 0.153. The molecule has 154 valence electrons. The van der Waals surface area contributed by atoms with Crippen LogP contribution in [0.15, 0.2) is 36.4 Å². The van der Waals surface area contributed by atoms with Crippen LogP contribution in [0.4, 0.5) is 10.5 Å². The van der Waals surface area contributed by atoms with E-state index in [-0.39, 0.29) is 11.9 Å². The zero-order valence-electron chi connectivity index (χ0n) is 16.8. The van der Waals surface area contributed by atoms with Gasteiger partial charge in [-0.2, -0.15) is 0 Å². The van der Waals surface area contributed by atoms with Gasteiger partial charge in [0.2, 0.25) is 0 Å². The van der Waals surface area contributed by atoms with Crippen LogP contribution in [0.5, 0.6) is 0 Å². The van der Waals surface area contributed by atoms with Crippen molar-refractivity contribution in [1.29, 1.82) is 0 Å². The summed E-state index contributed by atoms with van der Waals surface area (Å²) in [5.41, 5.74) is 4.26. The molecule has 29 heavy (non-hydrogen) atoms. The number of fused-ring (bicyclic) bond motifs is 1. The minimum Gasteiger partial charge on any atom is -0.322 e. The van der Waals surface area contributed by atoms with Crippen LogP contribution in [0.2, 0.25) is 10.0 Å². The fourth-order valence-corrected chi connectivity index (χ4v) is 4.74. The molecule has 0 aromatic heterocycles. The Balaban J connectivity index is 1.57. The maximum absolute atomic E-state index is 12.7. The first-order chi connectivity index (χ1) is 13.9. The molecule has 1 atom stereocenters. The van der Waals surface area contributed by atoms with Gasteiger partial charge in [0.05, 0.1) is 0 Å². The number of hydrogen-bond donors (Lipinski definition) is 1. The number of urea groups is 1. The van der Waals surface area contributed by atoms with E-state index in [4.69, 9.17) is 23.2 Å². The van der Waals surface area contributed by atoms with Crippen LogP contribution < -0.4 is 5.32 Å². The maximum Gasteiger partial charge on any atom is 0.321 e. The van der Waals surface area contributed by atoms with Crippen molar-refractivity contribution >= 4 is 34.9 Å². The number of nitrogens with one attached hydrogen (secondary N) is 1. The van der Waals surface area contributed by atoms with Crippen molar-refractivity contribution in [3.63, 3.8) is 0 Å². The lowest BCUT2D eigenvalue weighted by Gasteiger charge is -2.34. The van der Waals surface area contributed by atoms with Gasteiger partial charge in [-0.1, -0.05) is 35.3 Å². The second kappa shape index (κ2) is 8.52. The number of hydrogen-bond acceptors (Lipinski definition) is 3. The monoisotopic (exact) mass is 432 g/mol. The lowest BCUT2D eigenvalue weighted by atomic mass is 9.84. The first-order valence-corrected chi connectivity index (χ1v) is 10.7. The Morgan fingerprint density at radius 3 is 2.55 bits per heavy atom. The van der Waals surface area contributed by atoms with E-state index in [2.05, 4.69) is 41.3 Å². The summed E-state index contributed by atoms with van der Waals surface area (Å²) in [6, 6.07) is 11.9. The number of halogens is 2. The Hall–Kier alpha value is -1.79. The van der Waals surface area contributed by atoms with Crippen molar-refractivity contribution in [3.8, 4) is 0 Å². The molecular formula is C22H26Cl2N4O. The van der Waals surface area contributed by atoms with Gasteiger partial charge in [0.25, 0.3) is 0 Å². The van der Waals surface area contributed by atoms with Crippen LogP contribution in [0.1, 0.15) is 22.6 Å². The molecule has 0 bridgehead atoms. The lowest BCUT2D eigenvalue weighted by molar-refractivity contribution is 0.164. The molecule has 7 heteroatoms. The lowest BCUT2D eigenvalue weighted by Crippen LogP contribution is -2.48. The van der Waals surface area contributed by atoms with Crippen molar-refractivity contribution in [2.24, 2.45) is 0 Å². The summed E-state index contributed by atoms with van der Waals surface area (Å²) >= 11 is 12.8. The van der Waals surface area contributed by atoms with Crippen LogP contribution in [0.25, 0.3) is 0 Å². The summed E-state index contributed by atoms with van der Waals surface area (Å²) in [6.07, 6.45) is 0. The first-order valence-electron chi connectivity index (χ1n) is 9.91. The van der Waals surface area contributed by atoms with Crippen LogP contribution in [0, 0.1) is 0 Å². The highest BCUT2D eigenvalue weighted by atomic mass is 35.5. The Morgan fingerprint density at radius 2 is 1.79 bits per heavy atom. The molecule has 2 heterocycles. The van der Waals surface area contributed by atoms with E-state index in [1.165, 1.54) is 5.56 Å². The van der Waals surface area contributed by atoms with E-state index < -0.39 is 0 Å². The van der Waals surface area contributed by atoms with E-state index in [9.17, 15) is 4.79 Å². The van der Waals surface area contributed by atoms with Gasteiger partial charge in [0.1, 0.15) is 0 Å². The Kier molecular flexibility index (Phi) is 6.02. The number of benzene rings is 2. The third-order valence-corrected chi connectivity index (χ3v) is 6.38. The molecule has 1 fully saturated rings. The van der Waals surface area contributed by atoms with Crippen LogP contribution in [-0.4, -0.2) is 67.5 Å². The molecule has 2 aliphatic heterocycles. The fourth-order valence-electron chi connectivity index (χ4n) is 4.18. The summed E-state index contributed by atoms with van der Waals surface area (Å²) in [7, 11) is 4.18. The van der Waals surface area contributed by atoms with Crippen molar-refractivity contribution in [3.05, 3.63) is 63.1 Å². The average molecular weight is 433 g/mol. The summed E-state index contributed by atoms with van der Waals surface area (Å²) in [6.45, 7) is 4.99. The quantitative estimate of drug-likeness (QED) is 0.766. The predicted molar refractivity (Wildman–Crippen MR) is 119 cm³/mol. The van der Waals surface area contributed by atoms with Crippen LogP contribution >= 0.6 is 23.2 Å². The second-order valence-electron chi connectivity index (χ2n) is 8.05. The predicted octanol–water partition coefficient (Wildman–Crippen LogP) is 4.35. The third-order valence-electron chi connectivity index (χ3n) is 5.82. The minimum atomic E-state index is -0.0394. The van der Waals surface area contributed by atoms with Gasteiger partial charge in [-0.3, -0.25) is 0 Å². The summed E-state index contributed by atoms with van der Waals surface area (Å²) in [5, 5.41) is 4.43. The van der Waals surface area contributed by atoms with Crippen molar-refractivity contribution < 1.29 is 4.79 Å². The molecular weight excluding hydrogens is 407 g/mol. The van der Waals surface area contributed by atoms with Gasteiger partial charge in [-0.15, -0.1) is 0 Å². The molecule has 1 saturated heterocycles. The van der Waals surface area contributed by atoms with Gasteiger partial charge in [0, 0.05) is 60.9 Å². The number of likely N-dealkylation sites (N-methyl/N-ethyl adjacent to an activating group) is 2. The molecule has 0 spiro atoms. The number of carbonyl (C=O) groups is 1. The van der Waals surface area contributed by atoms with E-state index >= 15 is 0 Å². The van der Waals surface area contributed by atoms with Crippen molar-refractivity contribution in [2.45, 2.75) is 12.5 Å². The molecule has 0 aliphatic carbocycles. The largest absolute Gasteiger partial charge is 0.322 e. The molecule has 4 rings (SSSR count). The van der Waals surface area contributed by atoms with Gasteiger partial charge in [-0.25, -0.2) is 4.79 Å². The highest BCUT2D eigenvalue weighted by Gasteiger charge is 2.27. The highest BCUT2D eigenvalue weighted by molar-refractivity contribution is 6.35. The van der Waals surface area contributed by atoms with E-state index in [0.29, 0.717) is 10.0 Å². The Labute approximate surface area is 182 Å². The van der Waals surface area contributed by atoms with Gasteiger partial charge in [-0.05, 0) is 55.1 Å². The number of anilines is 1. The normalized spacial score (nSPS) is 20.4. The van der Waals surface area contributed by atoms with Crippen LogP contribution in [0.3, 0.4) is 0 Å². The Bertz CT molecular complexity index is 912. The number of rotatable bonds is 2. The fraction of sp³-hybridized carbons (Fsp3) is 0.409. The molecule has 2 amide bonds. The van der Waals surface area contributed by atoms with Gasteiger partial charge >= 0.3 is 6.03 Å². The van der Waals surface area contributed by atoms with Crippen molar-refractivity contribution in [1.82, 2.24) is 14.7 Å². The van der Waals surface area contributed by atoms with E-state index in [1.54, 1.807) is 0 Å².